The molecule has 0 N–H and O–H groups in total. The summed E-state index contributed by atoms with van der Waals surface area (Å²) in [5.74, 6) is 1.42. The smallest absolute Gasteiger partial charge is 0.0929 e. The lowest BCUT2D eigenvalue weighted by Crippen LogP contribution is -2.35. The van der Waals surface area contributed by atoms with E-state index in [2.05, 4.69) is 22.2 Å². The number of piperidine rings is 1. The van der Waals surface area contributed by atoms with Crippen LogP contribution >= 0.6 is 22.9 Å². The van der Waals surface area contributed by atoms with Crippen LogP contribution in [-0.2, 0) is 12.3 Å². The van der Waals surface area contributed by atoms with Crippen LogP contribution in [0.25, 0.3) is 0 Å². The van der Waals surface area contributed by atoms with E-state index >= 15 is 0 Å². The van der Waals surface area contributed by atoms with Crippen molar-refractivity contribution in [3.05, 3.63) is 16.1 Å². The fourth-order valence-corrected chi connectivity index (χ4v) is 3.54. The number of hydrogen-bond acceptors (Lipinski definition) is 3. The molecule has 1 aliphatic rings. The van der Waals surface area contributed by atoms with Crippen LogP contribution in [0.1, 0.15) is 36.9 Å². The maximum Gasteiger partial charge on any atom is 0.0929 e. The largest absolute Gasteiger partial charge is 0.303 e. The molecular weight excluding hydrogens is 252 g/mol. The first-order chi connectivity index (χ1) is 8.28. The van der Waals surface area contributed by atoms with E-state index in [-0.39, 0.29) is 0 Å². The zero-order valence-electron chi connectivity index (χ0n) is 10.5. The van der Waals surface area contributed by atoms with Crippen molar-refractivity contribution < 1.29 is 0 Å². The van der Waals surface area contributed by atoms with Gasteiger partial charge in [0.05, 0.1) is 16.6 Å². The molecule has 1 aromatic rings. The van der Waals surface area contributed by atoms with Gasteiger partial charge >= 0.3 is 0 Å². The van der Waals surface area contributed by atoms with Crippen molar-refractivity contribution in [3.63, 3.8) is 0 Å². The third kappa shape index (κ3) is 4.23. The van der Waals surface area contributed by atoms with Crippen molar-refractivity contribution in [2.24, 2.45) is 5.92 Å². The highest BCUT2D eigenvalue weighted by molar-refractivity contribution is 7.09. The third-order valence-electron chi connectivity index (χ3n) is 3.34. The zero-order chi connectivity index (χ0) is 12.1. The Morgan fingerprint density at radius 3 is 3.18 bits per heavy atom. The topological polar surface area (TPSA) is 16.1 Å². The van der Waals surface area contributed by atoms with Crippen molar-refractivity contribution >= 4 is 22.9 Å². The van der Waals surface area contributed by atoms with Gasteiger partial charge in [-0.1, -0.05) is 6.92 Å². The van der Waals surface area contributed by atoms with Crippen LogP contribution in [-0.4, -0.2) is 29.5 Å². The predicted octanol–water partition coefficient (Wildman–Crippen LogP) is 3.55. The fourth-order valence-electron chi connectivity index (χ4n) is 2.47. The lowest BCUT2D eigenvalue weighted by molar-refractivity contribution is 0.182. The van der Waals surface area contributed by atoms with Gasteiger partial charge in [0.1, 0.15) is 0 Å². The van der Waals surface area contributed by atoms with Crippen molar-refractivity contribution in [3.8, 4) is 0 Å². The standard InChI is InChI=1S/C13H21ClN2S/c1-11-4-2-6-16(9-11)7-3-5-13-15-12(8-14)10-17-13/h10-11H,2-9H2,1H3. The Bertz CT molecular complexity index is 340. The molecule has 0 amide bonds. The molecule has 1 atom stereocenters. The predicted molar refractivity (Wildman–Crippen MR) is 74.8 cm³/mol. The molecule has 2 nitrogen and oxygen atoms in total. The van der Waals surface area contributed by atoms with Crippen LogP contribution in [0.5, 0.6) is 0 Å². The highest BCUT2D eigenvalue weighted by Gasteiger charge is 2.15. The molecule has 1 aliphatic heterocycles. The minimum absolute atomic E-state index is 0.542. The molecule has 0 aliphatic carbocycles. The van der Waals surface area contributed by atoms with Gasteiger partial charge < -0.3 is 4.90 Å². The van der Waals surface area contributed by atoms with E-state index in [1.165, 1.54) is 43.9 Å². The van der Waals surface area contributed by atoms with Gasteiger partial charge in [-0.3, -0.25) is 0 Å². The summed E-state index contributed by atoms with van der Waals surface area (Å²) >= 11 is 7.50. The number of aromatic nitrogens is 1. The molecule has 17 heavy (non-hydrogen) atoms. The van der Waals surface area contributed by atoms with Gasteiger partial charge in [0, 0.05) is 18.3 Å². The third-order valence-corrected chi connectivity index (χ3v) is 4.57. The van der Waals surface area contributed by atoms with E-state index in [0.29, 0.717) is 5.88 Å². The number of rotatable bonds is 5. The average Bonchev–Trinajstić information content (AvgIpc) is 2.77. The second kappa shape index (κ2) is 6.72. The zero-order valence-corrected chi connectivity index (χ0v) is 12.1. The molecule has 1 aromatic heterocycles. The molecule has 0 bridgehead atoms. The number of alkyl halides is 1. The fraction of sp³-hybridized carbons (Fsp3) is 0.769. The minimum atomic E-state index is 0.542. The molecule has 1 saturated heterocycles. The quantitative estimate of drug-likeness (QED) is 0.762. The SMILES string of the molecule is CC1CCCN(CCCc2nc(CCl)cs2)C1. The molecule has 4 heteroatoms. The molecule has 0 spiro atoms. The molecule has 1 unspecified atom stereocenters. The summed E-state index contributed by atoms with van der Waals surface area (Å²) in [7, 11) is 0. The van der Waals surface area contributed by atoms with E-state index < -0.39 is 0 Å². The monoisotopic (exact) mass is 272 g/mol. The van der Waals surface area contributed by atoms with E-state index in [0.717, 1.165) is 18.0 Å². The Balaban J connectivity index is 1.68. The number of aryl methyl sites for hydroxylation is 1. The van der Waals surface area contributed by atoms with Crippen LogP contribution in [0.15, 0.2) is 5.38 Å². The van der Waals surface area contributed by atoms with Crippen LogP contribution in [0.4, 0.5) is 0 Å². The maximum atomic E-state index is 5.75. The Morgan fingerprint density at radius 1 is 1.59 bits per heavy atom. The molecule has 96 valence electrons. The molecule has 2 rings (SSSR count). The Morgan fingerprint density at radius 2 is 2.47 bits per heavy atom. The highest BCUT2D eigenvalue weighted by atomic mass is 35.5. The summed E-state index contributed by atoms with van der Waals surface area (Å²) < 4.78 is 0. The molecule has 0 saturated carbocycles. The van der Waals surface area contributed by atoms with Crippen molar-refractivity contribution in [1.29, 1.82) is 0 Å². The first kappa shape index (κ1) is 13.3. The van der Waals surface area contributed by atoms with Crippen molar-refractivity contribution in [2.75, 3.05) is 19.6 Å². The summed E-state index contributed by atoms with van der Waals surface area (Å²) in [5.41, 5.74) is 1.03. The number of halogens is 1. The van der Waals surface area contributed by atoms with E-state index in [1.54, 1.807) is 11.3 Å². The van der Waals surface area contributed by atoms with Gasteiger partial charge in [0.25, 0.3) is 0 Å². The second-order valence-corrected chi connectivity index (χ2v) is 6.23. The normalized spacial score (nSPS) is 21.9. The Labute approximate surface area is 113 Å². The van der Waals surface area contributed by atoms with Gasteiger partial charge in [-0.2, -0.15) is 0 Å². The average molecular weight is 273 g/mol. The summed E-state index contributed by atoms with van der Waals surface area (Å²) in [6.07, 6.45) is 5.10. The van der Waals surface area contributed by atoms with Crippen LogP contribution < -0.4 is 0 Å². The molecule has 0 aromatic carbocycles. The first-order valence-electron chi connectivity index (χ1n) is 6.49. The van der Waals surface area contributed by atoms with Crippen molar-refractivity contribution in [2.45, 2.75) is 38.5 Å². The highest BCUT2D eigenvalue weighted by Crippen LogP contribution is 2.17. The molecular formula is C13H21ClN2S. The van der Waals surface area contributed by atoms with E-state index in [4.69, 9.17) is 11.6 Å². The second-order valence-electron chi connectivity index (χ2n) is 5.02. The maximum absolute atomic E-state index is 5.75. The van der Waals surface area contributed by atoms with Crippen LogP contribution in [0.3, 0.4) is 0 Å². The van der Waals surface area contributed by atoms with Crippen molar-refractivity contribution in [1.82, 2.24) is 9.88 Å². The summed E-state index contributed by atoms with van der Waals surface area (Å²) in [5, 5.41) is 3.32. The molecule has 1 fully saturated rings. The minimum Gasteiger partial charge on any atom is -0.303 e. The van der Waals surface area contributed by atoms with Crippen LogP contribution in [0, 0.1) is 5.92 Å². The van der Waals surface area contributed by atoms with Gasteiger partial charge in [-0.25, -0.2) is 4.98 Å². The van der Waals surface area contributed by atoms with Gasteiger partial charge in [-0.15, -0.1) is 22.9 Å². The van der Waals surface area contributed by atoms with E-state index in [1.807, 2.05) is 0 Å². The Kier molecular flexibility index (Phi) is 5.26. The summed E-state index contributed by atoms with van der Waals surface area (Å²) in [6.45, 7) is 6.15. The molecule has 0 radical (unpaired) electrons. The number of nitrogens with zero attached hydrogens (tertiary/aromatic N) is 2. The number of hydrogen-bond donors (Lipinski definition) is 0. The first-order valence-corrected chi connectivity index (χ1v) is 7.91. The van der Waals surface area contributed by atoms with Gasteiger partial charge in [-0.05, 0) is 38.3 Å². The van der Waals surface area contributed by atoms with Gasteiger partial charge in [0.2, 0.25) is 0 Å². The lowest BCUT2D eigenvalue weighted by atomic mass is 10.0. The van der Waals surface area contributed by atoms with E-state index in [9.17, 15) is 0 Å². The number of thiazole rings is 1. The Hall–Kier alpha value is -0.120. The van der Waals surface area contributed by atoms with Crippen LogP contribution in [0.2, 0.25) is 0 Å². The summed E-state index contributed by atoms with van der Waals surface area (Å²) in [4.78, 5) is 7.10. The summed E-state index contributed by atoms with van der Waals surface area (Å²) in [6, 6.07) is 0. The van der Waals surface area contributed by atoms with Gasteiger partial charge in [0.15, 0.2) is 0 Å². The number of likely N-dealkylation sites (tertiary alicyclic amines) is 1. The molecule has 2 heterocycles. The lowest BCUT2D eigenvalue weighted by Gasteiger charge is -2.30.